The quantitative estimate of drug-likeness (QED) is 0.290. The predicted molar refractivity (Wildman–Crippen MR) is 134 cm³/mol. The first-order chi connectivity index (χ1) is 16.2. The van der Waals surface area contributed by atoms with Crippen LogP contribution in [-0.2, 0) is 15.0 Å². The SMILES string of the molecule is COc1cccc(N2C(=O)C(=O)/C(=C(\O)c3ccc(OC)c(C(C)(C)C)c3)C2c2cccs2)c1. The van der Waals surface area contributed by atoms with Crippen LogP contribution in [-0.4, -0.2) is 31.0 Å². The van der Waals surface area contributed by atoms with Crippen molar-refractivity contribution in [3.05, 3.63) is 81.6 Å². The highest BCUT2D eigenvalue weighted by molar-refractivity contribution is 7.10. The summed E-state index contributed by atoms with van der Waals surface area (Å²) >= 11 is 1.42. The van der Waals surface area contributed by atoms with E-state index in [1.54, 1.807) is 50.6 Å². The van der Waals surface area contributed by atoms with Gasteiger partial charge in [-0.2, -0.15) is 0 Å². The van der Waals surface area contributed by atoms with Crippen LogP contribution < -0.4 is 14.4 Å². The van der Waals surface area contributed by atoms with Gasteiger partial charge in [-0.25, -0.2) is 0 Å². The molecular weight excluding hydrogens is 450 g/mol. The molecular formula is C27H27NO5S. The normalized spacial score (nSPS) is 17.8. The minimum Gasteiger partial charge on any atom is -0.507 e. The van der Waals surface area contributed by atoms with Gasteiger partial charge in [0, 0.05) is 27.8 Å². The summed E-state index contributed by atoms with van der Waals surface area (Å²) in [7, 11) is 3.14. The first-order valence-corrected chi connectivity index (χ1v) is 11.7. The third-order valence-electron chi connectivity index (χ3n) is 5.87. The van der Waals surface area contributed by atoms with Crippen molar-refractivity contribution in [3.8, 4) is 11.5 Å². The molecule has 1 N–H and O–H groups in total. The fraction of sp³-hybridized carbons (Fsp3) is 0.259. The van der Waals surface area contributed by atoms with E-state index in [1.165, 1.54) is 16.2 Å². The van der Waals surface area contributed by atoms with Crippen molar-refractivity contribution in [2.75, 3.05) is 19.1 Å². The van der Waals surface area contributed by atoms with Crippen molar-refractivity contribution in [2.45, 2.75) is 32.2 Å². The lowest BCUT2D eigenvalue weighted by molar-refractivity contribution is -0.132. The Morgan fingerprint density at radius 3 is 2.38 bits per heavy atom. The van der Waals surface area contributed by atoms with Crippen molar-refractivity contribution >= 4 is 34.5 Å². The van der Waals surface area contributed by atoms with Gasteiger partial charge in [-0.05, 0) is 47.2 Å². The Kier molecular flexibility index (Phi) is 6.23. The van der Waals surface area contributed by atoms with Gasteiger partial charge in [-0.1, -0.05) is 32.9 Å². The third kappa shape index (κ3) is 4.07. The number of ketones is 1. The van der Waals surface area contributed by atoms with E-state index < -0.39 is 17.7 Å². The van der Waals surface area contributed by atoms with Crippen LogP contribution >= 0.6 is 11.3 Å². The summed E-state index contributed by atoms with van der Waals surface area (Å²) in [6.45, 7) is 6.13. The molecule has 2 heterocycles. The van der Waals surface area contributed by atoms with E-state index in [9.17, 15) is 14.7 Å². The summed E-state index contributed by atoms with van der Waals surface area (Å²) in [5.41, 5.74) is 1.65. The van der Waals surface area contributed by atoms with Gasteiger partial charge in [-0.3, -0.25) is 14.5 Å². The summed E-state index contributed by atoms with van der Waals surface area (Å²) < 4.78 is 10.8. The summed E-state index contributed by atoms with van der Waals surface area (Å²) in [5.74, 6) is -0.384. The number of ether oxygens (including phenoxy) is 2. The van der Waals surface area contributed by atoms with Crippen molar-refractivity contribution in [1.29, 1.82) is 0 Å². The predicted octanol–water partition coefficient (Wildman–Crippen LogP) is 5.69. The molecule has 0 bridgehead atoms. The molecule has 1 aliphatic heterocycles. The van der Waals surface area contributed by atoms with E-state index >= 15 is 0 Å². The second-order valence-corrected chi connectivity index (χ2v) is 10.0. The number of hydrogen-bond acceptors (Lipinski definition) is 6. The van der Waals surface area contributed by atoms with Crippen LogP contribution in [0.4, 0.5) is 5.69 Å². The molecule has 1 saturated heterocycles. The third-order valence-corrected chi connectivity index (χ3v) is 6.79. The highest BCUT2D eigenvalue weighted by Crippen LogP contribution is 2.44. The van der Waals surface area contributed by atoms with Crippen LogP contribution in [0.2, 0.25) is 0 Å². The van der Waals surface area contributed by atoms with Crippen molar-refractivity contribution in [3.63, 3.8) is 0 Å². The van der Waals surface area contributed by atoms with Gasteiger partial charge in [0.05, 0.1) is 19.8 Å². The minimum atomic E-state index is -0.757. The summed E-state index contributed by atoms with van der Waals surface area (Å²) in [6, 6.07) is 15.2. The van der Waals surface area contributed by atoms with E-state index in [1.807, 2.05) is 44.4 Å². The molecule has 2 aromatic carbocycles. The zero-order chi connectivity index (χ0) is 24.6. The van der Waals surface area contributed by atoms with Crippen LogP contribution in [0.1, 0.15) is 42.8 Å². The standard InChI is InChI=1S/C27H27NO5S/c1-27(2,3)19-14-16(11-12-20(19)33-5)24(29)22-23(21-10-7-13-34-21)28(26(31)25(22)30)17-8-6-9-18(15-17)32-4/h6-15,23,29H,1-5H3/b24-22-. The molecule has 3 aromatic rings. The number of methoxy groups -OCH3 is 2. The molecule has 1 amide bonds. The van der Waals surface area contributed by atoms with Crippen LogP contribution in [0.15, 0.2) is 65.6 Å². The number of rotatable bonds is 5. The summed E-state index contributed by atoms with van der Waals surface area (Å²) in [6.07, 6.45) is 0. The van der Waals surface area contributed by atoms with E-state index in [0.29, 0.717) is 22.7 Å². The summed E-state index contributed by atoms with van der Waals surface area (Å²) in [5, 5.41) is 13.3. The van der Waals surface area contributed by atoms with E-state index in [0.717, 1.165) is 10.4 Å². The lowest BCUT2D eigenvalue weighted by atomic mass is 9.84. The molecule has 176 valence electrons. The molecule has 4 rings (SSSR count). The first kappa shape index (κ1) is 23.6. The number of amides is 1. The monoisotopic (exact) mass is 477 g/mol. The largest absolute Gasteiger partial charge is 0.507 e. The Bertz CT molecular complexity index is 1270. The molecule has 0 spiro atoms. The first-order valence-electron chi connectivity index (χ1n) is 10.8. The van der Waals surface area contributed by atoms with Gasteiger partial charge >= 0.3 is 0 Å². The number of Topliss-reactive ketones (excluding diaryl/α,β-unsaturated/α-hetero) is 1. The Labute approximate surface area is 203 Å². The number of thiophene rings is 1. The molecule has 1 atom stereocenters. The zero-order valence-electron chi connectivity index (χ0n) is 19.8. The lowest BCUT2D eigenvalue weighted by Crippen LogP contribution is -2.29. The van der Waals surface area contributed by atoms with Gasteiger partial charge in [-0.15, -0.1) is 11.3 Å². The van der Waals surface area contributed by atoms with Crippen molar-refractivity contribution in [2.24, 2.45) is 0 Å². The Hall–Kier alpha value is -3.58. The number of aliphatic hydroxyl groups is 1. The molecule has 1 aromatic heterocycles. The van der Waals surface area contributed by atoms with Gasteiger partial charge < -0.3 is 14.6 Å². The number of aliphatic hydroxyl groups excluding tert-OH is 1. The van der Waals surface area contributed by atoms with E-state index in [-0.39, 0.29) is 16.7 Å². The van der Waals surface area contributed by atoms with Crippen LogP contribution in [0, 0.1) is 0 Å². The molecule has 1 unspecified atom stereocenters. The Morgan fingerprint density at radius 2 is 1.76 bits per heavy atom. The average molecular weight is 478 g/mol. The summed E-state index contributed by atoms with van der Waals surface area (Å²) in [4.78, 5) is 28.8. The molecule has 7 heteroatoms. The maximum absolute atomic E-state index is 13.3. The average Bonchev–Trinajstić information content (AvgIpc) is 3.44. The van der Waals surface area contributed by atoms with Crippen molar-refractivity contribution < 1.29 is 24.2 Å². The number of carbonyl (C=O) groups excluding carboxylic acids is 2. The van der Waals surface area contributed by atoms with E-state index in [2.05, 4.69) is 0 Å². The lowest BCUT2D eigenvalue weighted by Gasteiger charge is -2.25. The number of nitrogens with zero attached hydrogens (tertiary/aromatic N) is 1. The number of benzene rings is 2. The number of carbonyl (C=O) groups is 2. The Balaban J connectivity index is 1.93. The van der Waals surface area contributed by atoms with Gasteiger partial charge in [0.2, 0.25) is 0 Å². The molecule has 34 heavy (non-hydrogen) atoms. The van der Waals surface area contributed by atoms with Crippen molar-refractivity contribution in [1.82, 2.24) is 0 Å². The second-order valence-electron chi connectivity index (χ2n) is 9.05. The van der Waals surface area contributed by atoms with E-state index in [4.69, 9.17) is 9.47 Å². The molecule has 0 radical (unpaired) electrons. The van der Waals surface area contributed by atoms with Gasteiger partial charge in [0.1, 0.15) is 23.3 Å². The van der Waals surface area contributed by atoms with Crippen LogP contribution in [0.3, 0.4) is 0 Å². The Morgan fingerprint density at radius 1 is 1.00 bits per heavy atom. The second kappa shape index (κ2) is 8.99. The fourth-order valence-electron chi connectivity index (χ4n) is 4.17. The minimum absolute atomic E-state index is 0.0558. The zero-order valence-corrected chi connectivity index (χ0v) is 20.6. The van der Waals surface area contributed by atoms with Gasteiger partial charge in [0.15, 0.2) is 0 Å². The maximum Gasteiger partial charge on any atom is 0.300 e. The maximum atomic E-state index is 13.3. The van der Waals surface area contributed by atoms with Gasteiger partial charge in [0.25, 0.3) is 11.7 Å². The molecule has 0 saturated carbocycles. The molecule has 6 nitrogen and oxygen atoms in total. The highest BCUT2D eigenvalue weighted by Gasteiger charge is 2.47. The number of anilines is 1. The molecule has 1 fully saturated rings. The smallest absolute Gasteiger partial charge is 0.300 e. The topological polar surface area (TPSA) is 76.1 Å². The molecule has 0 aliphatic carbocycles. The molecule has 1 aliphatic rings. The van der Waals surface area contributed by atoms with Crippen LogP contribution in [0.25, 0.3) is 5.76 Å². The fourth-order valence-corrected chi connectivity index (χ4v) is 5.00. The highest BCUT2D eigenvalue weighted by atomic mass is 32.1. The van der Waals surface area contributed by atoms with Crippen LogP contribution in [0.5, 0.6) is 11.5 Å². The number of hydrogen-bond donors (Lipinski definition) is 1.